The molecule has 10 heteroatoms. The van der Waals surface area contributed by atoms with Gasteiger partial charge >= 0.3 is 5.97 Å². The molecule has 110 valence electrons. The van der Waals surface area contributed by atoms with Gasteiger partial charge in [-0.25, -0.2) is 13.2 Å². The van der Waals surface area contributed by atoms with E-state index in [4.69, 9.17) is 34.0 Å². The second-order valence-corrected chi connectivity index (χ2v) is 6.57. The fourth-order valence-corrected chi connectivity index (χ4v) is 3.43. The number of benzene rings is 1. The number of rotatable bonds is 5. The van der Waals surface area contributed by atoms with Crippen LogP contribution in [-0.4, -0.2) is 43.3 Å². The number of carbonyl (C=O) groups excluding carboxylic acids is 1. The van der Waals surface area contributed by atoms with Gasteiger partial charge in [-0.05, 0) is 12.1 Å². The van der Waals surface area contributed by atoms with Crippen LogP contribution in [0.3, 0.4) is 0 Å². The number of carboxylic acids is 1. The van der Waals surface area contributed by atoms with E-state index in [1.54, 1.807) is 0 Å². The molecule has 0 unspecified atom stereocenters. The van der Waals surface area contributed by atoms with Crippen molar-refractivity contribution >= 4 is 45.1 Å². The standard InChI is InChI=1S/C10H10Cl2N2O5S/c1-14(4-7(13)15)20(18,19)6-3-2-5(11)8(9(6)12)10(16)17/h2-3H,4H2,1H3,(H2,13,15)(H,16,17). The van der Waals surface area contributed by atoms with Crippen LogP contribution in [0, 0.1) is 0 Å². The lowest BCUT2D eigenvalue weighted by Crippen LogP contribution is -2.35. The number of nitrogens with two attached hydrogens (primary N) is 1. The molecule has 0 aliphatic heterocycles. The van der Waals surface area contributed by atoms with Crippen LogP contribution in [0.15, 0.2) is 17.0 Å². The number of carboxylic acid groups (broad SMARTS) is 1. The molecule has 0 saturated heterocycles. The molecule has 0 fully saturated rings. The summed E-state index contributed by atoms with van der Waals surface area (Å²) in [6, 6.07) is 2.16. The first-order valence-electron chi connectivity index (χ1n) is 5.05. The molecule has 1 rings (SSSR count). The molecule has 0 heterocycles. The van der Waals surface area contributed by atoms with Crippen molar-refractivity contribution in [3.8, 4) is 0 Å². The van der Waals surface area contributed by atoms with E-state index in [1.807, 2.05) is 0 Å². The highest BCUT2D eigenvalue weighted by atomic mass is 35.5. The number of carbonyl (C=O) groups is 2. The SMILES string of the molecule is CN(CC(N)=O)S(=O)(=O)c1ccc(Cl)c(C(=O)O)c1Cl. The highest BCUT2D eigenvalue weighted by Crippen LogP contribution is 2.32. The smallest absolute Gasteiger partial charge is 0.338 e. The fraction of sp³-hybridized carbons (Fsp3) is 0.200. The number of halogens is 2. The molecule has 0 saturated carbocycles. The molecule has 20 heavy (non-hydrogen) atoms. The lowest BCUT2D eigenvalue weighted by atomic mass is 10.2. The number of hydrogen-bond acceptors (Lipinski definition) is 4. The van der Waals surface area contributed by atoms with Gasteiger partial charge in [-0.1, -0.05) is 23.2 Å². The maximum atomic E-state index is 12.2. The zero-order valence-corrected chi connectivity index (χ0v) is 12.5. The summed E-state index contributed by atoms with van der Waals surface area (Å²) in [4.78, 5) is 21.3. The third kappa shape index (κ3) is 3.21. The van der Waals surface area contributed by atoms with E-state index in [9.17, 15) is 18.0 Å². The van der Waals surface area contributed by atoms with Crippen LogP contribution in [0.5, 0.6) is 0 Å². The largest absolute Gasteiger partial charge is 0.478 e. The molecular weight excluding hydrogens is 331 g/mol. The van der Waals surface area contributed by atoms with Crippen molar-refractivity contribution < 1.29 is 23.1 Å². The molecule has 0 aliphatic carbocycles. The van der Waals surface area contributed by atoms with Gasteiger partial charge in [-0.15, -0.1) is 0 Å². The normalized spacial score (nSPS) is 11.6. The number of primary amides is 1. The Kier molecular flexibility index (Phi) is 4.98. The predicted octanol–water partition coefficient (Wildman–Crippen LogP) is 0.797. The number of amides is 1. The number of likely N-dealkylation sites (N-methyl/N-ethyl adjacent to an activating group) is 1. The van der Waals surface area contributed by atoms with Gasteiger partial charge in [0, 0.05) is 7.05 Å². The molecule has 1 amide bonds. The summed E-state index contributed by atoms with van der Waals surface area (Å²) < 4.78 is 25.0. The summed E-state index contributed by atoms with van der Waals surface area (Å²) >= 11 is 11.4. The molecule has 1 aromatic carbocycles. The third-order valence-corrected chi connectivity index (χ3v) is 5.00. The van der Waals surface area contributed by atoms with Crippen molar-refractivity contribution in [1.82, 2.24) is 4.31 Å². The average molecular weight is 341 g/mol. The van der Waals surface area contributed by atoms with Crippen LogP contribution in [0.4, 0.5) is 0 Å². The summed E-state index contributed by atoms with van der Waals surface area (Å²) in [5.41, 5.74) is 4.39. The minimum absolute atomic E-state index is 0.195. The Morgan fingerprint density at radius 2 is 1.90 bits per heavy atom. The average Bonchev–Trinajstić information content (AvgIpc) is 2.26. The van der Waals surface area contributed by atoms with Crippen LogP contribution in [-0.2, 0) is 14.8 Å². The van der Waals surface area contributed by atoms with Gasteiger partial charge in [-0.3, -0.25) is 4.79 Å². The summed E-state index contributed by atoms with van der Waals surface area (Å²) in [5.74, 6) is -2.32. The van der Waals surface area contributed by atoms with E-state index in [1.165, 1.54) is 0 Å². The summed E-state index contributed by atoms with van der Waals surface area (Å²) in [6.07, 6.45) is 0. The van der Waals surface area contributed by atoms with Gasteiger partial charge in [0.2, 0.25) is 15.9 Å². The first-order chi connectivity index (χ1) is 9.09. The van der Waals surface area contributed by atoms with Crippen LogP contribution in [0.2, 0.25) is 10.0 Å². The summed E-state index contributed by atoms with van der Waals surface area (Å²) in [7, 11) is -3.04. The molecule has 0 spiro atoms. The van der Waals surface area contributed by atoms with Gasteiger partial charge in [0.25, 0.3) is 0 Å². The lowest BCUT2D eigenvalue weighted by molar-refractivity contribution is -0.118. The van der Waals surface area contributed by atoms with Crippen molar-refractivity contribution in [3.63, 3.8) is 0 Å². The lowest BCUT2D eigenvalue weighted by Gasteiger charge is -2.17. The predicted molar refractivity (Wildman–Crippen MR) is 72.4 cm³/mol. The Morgan fingerprint density at radius 3 is 2.35 bits per heavy atom. The zero-order chi connectivity index (χ0) is 15.7. The third-order valence-electron chi connectivity index (χ3n) is 2.34. The molecule has 0 radical (unpaired) electrons. The maximum absolute atomic E-state index is 12.2. The van der Waals surface area contributed by atoms with Gasteiger partial charge in [0.15, 0.2) is 0 Å². The summed E-state index contributed by atoms with van der Waals surface area (Å²) in [6.45, 7) is -0.566. The van der Waals surface area contributed by atoms with E-state index < -0.39 is 43.9 Å². The number of aromatic carboxylic acids is 1. The van der Waals surface area contributed by atoms with E-state index in [0.717, 1.165) is 19.2 Å². The highest BCUT2D eigenvalue weighted by molar-refractivity contribution is 7.89. The first-order valence-corrected chi connectivity index (χ1v) is 7.24. The van der Waals surface area contributed by atoms with Crippen molar-refractivity contribution in [2.75, 3.05) is 13.6 Å². The van der Waals surface area contributed by atoms with Gasteiger partial charge in [0.05, 0.1) is 22.2 Å². The molecule has 0 aliphatic rings. The maximum Gasteiger partial charge on any atom is 0.338 e. The Hall–Kier alpha value is -1.35. The number of hydrogen-bond donors (Lipinski definition) is 2. The van der Waals surface area contributed by atoms with E-state index in [0.29, 0.717) is 4.31 Å². The molecule has 1 aromatic rings. The van der Waals surface area contributed by atoms with Crippen LogP contribution in [0.25, 0.3) is 0 Å². The van der Waals surface area contributed by atoms with Gasteiger partial charge in [-0.2, -0.15) is 4.31 Å². The second kappa shape index (κ2) is 5.96. The van der Waals surface area contributed by atoms with E-state index in [2.05, 4.69) is 0 Å². The minimum Gasteiger partial charge on any atom is -0.478 e. The number of nitrogens with zero attached hydrogens (tertiary/aromatic N) is 1. The molecule has 0 atom stereocenters. The van der Waals surface area contributed by atoms with Gasteiger partial charge < -0.3 is 10.8 Å². The topological polar surface area (TPSA) is 118 Å². The first kappa shape index (κ1) is 16.7. The Morgan fingerprint density at radius 1 is 1.35 bits per heavy atom. The monoisotopic (exact) mass is 340 g/mol. The minimum atomic E-state index is -4.16. The molecule has 0 aromatic heterocycles. The van der Waals surface area contributed by atoms with Crippen molar-refractivity contribution in [2.45, 2.75) is 4.90 Å². The van der Waals surface area contributed by atoms with Crippen LogP contribution >= 0.6 is 23.2 Å². The van der Waals surface area contributed by atoms with Crippen LogP contribution < -0.4 is 5.73 Å². The quantitative estimate of drug-likeness (QED) is 0.821. The van der Waals surface area contributed by atoms with Crippen molar-refractivity contribution in [2.24, 2.45) is 5.73 Å². The summed E-state index contributed by atoms with van der Waals surface area (Å²) in [5, 5.41) is 8.25. The Bertz CT molecular complexity index is 674. The van der Waals surface area contributed by atoms with Crippen molar-refractivity contribution in [1.29, 1.82) is 0 Å². The van der Waals surface area contributed by atoms with E-state index in [-0.39, 0.29) is 5.02 Å². The molecule has 7 nitrogen and oxygen atoms in total. The fourth-order valence-electron chi connectivity index (χ4n) is 1.40. The number of sulfonamides is 1. The Labute approximate surface area is 124 Å². The van der Waals surface area contributed by atoms with E-state index >= 15 is 0 Å². The van der Waals surface area contributed by atoms with Gasteiger partial charge in [0.1, 0.15) is 4.90 Å². The Balaban J connectivity index is 3.44. The van der Waals surface area contributed by atoms with Crippen molar-refractivity contribution in [3.05, 3.63) is 27.7 Å². The molecule has 3 N–H and O–H groups in total. The highest BCUT2D eigenvalue weighted by Gasteiger charge is 2.28. The second-order valence-electron chi connectivity index (χ2n) is 3.77. The molecular formula is C10H10Cl2N2O5S. The van der Waals surface area contributed by atoms with Crippen LogP contribution in [0.1, 0.15) is 10.4 Å². The zero-order valence-electron chi connectivity index (χ0n) is 10.1. The molecule has 0 bridgehead atoms.